The first-order valence-corrected chi connectivity index (χ1v) is 5.35. The summed E-state index contributed by atoms with van der Waals surface area (Å²) in [5.74, 6) is 0.424. The number of ether oxygens (including phenoxy) is 2. The number of nitrogens with zero attached hydrogens (tertiary/aromatic N) is 1. The molecule has 4 nitrogen and oxygen atoms in total. The quantitative estimate of drug-likeness (QED) is 0.719. The van der Waals surface area contributed by atoms with Crippen molar-refractivity contribution in [2.45, 2.75) is 12.8 Å². The van der Waals surface area contributed by atoms with E-state index in [-0.39, 0.29) is 18.8 Å². The van der Waals surface area contributed by atoms with Crippen LogP contribution in [0.5, 0.6) is 5.75 Å². The highest BCUT2D eigenvalue weighted by atomic mass is 16.5. The van der Waals surface area contributed by atoms with Gasteiger partial charge in [0, 0.05) is 7.11 Å². The number of rotatable bonds is 7. The number of hydrogen-bond acceptors (Lipinski definition) is 4. The van der Waals surface area contributed by atoms with Crippen LogP contribution in [0.3, 0.4) is 0 Å². The van der Waals surface area contributed by atoms with Crippen molar-refractivity contribution in [3.05, 3.63) is 29.8 Å². The Labute approximate surface area is 101 Å². The van der Waals surface area contributed by atoms with Crippen LogP contribution in [0.1, 0.15) is 12.0 Å². The topological polar surface area (TPSA) is 59.3 Å². The largest absolute Gasteiger partial charge is 0.486 e. The van der Waals surface area contributed by atoms with Crippen LogP contribution in [-0.4, -0.2) is 26.1 Å². The van der Waals surface area contributed by atoms with Crippen molar-refractivity contribution >= 4 is 5.78 Å². The summed E-state index contributed by atoms with van der Waals surface area (Å²) in [5.41, 5.74) is 1.16. The molecule has 4 heteroatoms. The van der Waals surface area contributed by atoms with Gasteiger partial charge in [-0.1, -0.05) is 12.1 Å². The number of carbonyl (C=O) groups is 1. The zero-order valence-corrected chi connectivity index (χ0v) is 9.81. The van der Waals surface area contributed by atoms with Crippen LogP contribution < -0.4 is 4.74 Å². The van der Waals surface area contributed by atoms with E-state index in [1.807, 2.05) is 24.3 Å². The molecule has 0 N–H and O–H groups in total. The summed E-state index contributed by atoms with van der Waals surface area (Å²) in [6.07, 6.45) is 0.746. The molecule has 0 saturated heterocycles. The van der Waals surface area contributed by atoms with Gasteiger partial charge in [0.2, 0.25) is 0 Å². The van der Waals surface area contributed by atoms with Crippen molar-refractivity contribution in [1.82, 2.24) is 0 Å². The molecule has 0 fully saturated rings. The molecule has 1 aromatic rings. The van der Waals surface area contributed by atoms with Crippen LogP contribution >= 0.6 is 0 Å². The Morgan fingerprint density at radius 3 is 2.65 bits per heavy atom. The number of hydrogen-bond donors (Lipinski definition) is 0. The fourth-order valence-corrected chi connectivity index (χ4v) is 1.28. The number of methoxy groups -OCH3 is 1. The van der Waals surface area contributed by atoms with E-state index in [1.54, 1.807) is 13.2 Å². The van der Waals surface area contributed by atoms with Crippen molar-refractivity contribution in [2.24, 2.45) is 0 Å². The smallest absolute Gasteiger partial charge is 0.184 e. The van der Waals surface area contributed by atoms with E-state index in [0.29, 0.717) is 12.4 Å². The highest BCUT2D eigenvalue weighted by molar-refractivity contribution is 5.81. The van der Waals surface area contributed by atoms with Crippen molar-refractivity contribution in [1.29, 1.82) is 5.26 Å². The molecule has 0 amide bonds. The standard InChI is InChI=1S/C13H15NO3/c1-16-9-7-11-2-4-13(5-3-11)17-10-12(15)6-8-14/h2-5H,6-7,9-10H2,1H3. The molecule has 17 heavy (non-hydrogen) atoms. The lowest BCUT2D eigenvalue weighted by Gasteiger charge is -2.05. The van der Waals surface area contributed by atoms with E-state index in [1.165, 1.54) is 0 Å². The second-order valence-electron chi connectivity index (χ2n) is 3.55. The van der Waals surface area contributed by atoms with Gasteiger partial charge in [-0.05, 0) is 24.1 Å². The van der Waals surface area contributed by atoms with Crippen LogP contribution in [0.2, 0.25) is 0 Å². The van der Waals surface area contributed by atoms with E-state index in [2.05, 4.69) is 0 Å². The minimum Gasteiger partial charge on any atom is -0.486 e. The molecule has 90 valence electrons. The Kier molecular flexibility index (Phi) is 5.76. The number of nitriles is 1. The number of ketones is 1. The Hall–Kier alpha value is -1.86. The molecule has 0 heterocycles. The summed E-state index contributed by atoms with van der Waals surface area (Å²) in [7, 11) is 1.66. The van der Waals surface area contributed by atoms with E-state index in [0.717, 1.165) is 12.0 Å². The third kappa shape index (κ3) is 5.14. The predicted octanol–water partition coefficient (Wildman–Crippen LogP) is 1.74. The zero-order valence-electron chi connectivity index (χ0n) is 9.81. The minimum atomic E-state index is -0.212. The van der Waals surface area contributed by atoms with Crippen molar-refractivity contribution in [3.8, 4) is 11.8 Å². The molecular weight excluding hydrogens is 218 g/mol. The lowest BCUT2D eigenvalue weighted by Crippen LogP contribution is -2.10. The summed E-state index contributed by atoms with van der Waals surface area (Å²) >= 11 is 0. The minimum absolute atomic E-state index is 0.0506. The maximum Gasteiger partial charge on any atom is 0.184 e. The Balaban J connectivity index is 2.40. The Bertz CT molecular complexity index is 392. The van der Waals surface area contributed by atoms with Gasteiger partial charge >= 0.3 is 0 Å². The van der Waals surface area contributed by atoms with Gasteiger partial charge in [0.05, 0.1) is 19.1 Å². The summed E-state index contributed by atoms with van der Waals surface area (Å²) in [6.45, 7) is 0.631. The summed E-state index contributed by atoms with van der Waals surface area (Å²) in [5, 5.41) is 8.31. The van der Waals surface area contributed by atoms with Gasteiger partial charge < -0.3 is 9.47 Å². The monoisotopic (exact) mass is 233 g/mol. The number of Topliss-reactive ketones (excluding diaryl/α,β-unsaturated/α-hetero) is 1. The van der Waals surface area contributed by atoms with E-state index in [4.69, 9.17) is 14.7 Å². The lowest BCUT2D eigenvalue weighted by atomic mass is 10.1. The highest BCUT2D eigenvalue weighted by Crippen LogP contribution is 2.12. The molecule has 1 aromatic carbocycles. The fraction of sp³-hybridized carbons (Fsp3) is 0.385. The fourth-order valence-electron chi connectivity index (χ4n) is 1.28. The third-order valence-electron chi connectivity index (χ3n) is 2.19. The van der Waals surface area contributed by atoms with Crippen LogP contribution in [0.15, 0.2) is 24.3 Å². The van der Waals surface area contributed by atoms with Crippen LogP contribution in [0, 0.1) is 11.3 Å². The van der Waals surface area contributed by atoms with Gasteiger partial charge in [-0.15, -0.1) is 0 Å². The second-order valence-corrected chi connectivity index (χ2v) is 3.55. The molecule has 0 radical (unpaired) electrons. The Morgan fingerprint density at radius 2 is 2.06 bits per heavy atom. The SMILES string of the molecule is COCCc1ccc(OCC(=O)CC#N)cc1. The molecular formula is C13H15NO3. The van der Waals surface area contributed by atoms with E-state index < -0.39 is 0 Å². The molecule has 0 saturated carbocycles. The van der Waals surface area contributed by atoms with Gasteiger partial charge in [-0.3, -0.25) is 4.79 Å². The molecule has 0 aliphatic carbocycles. The summed E-state index contributed by atoms with van der Waals surface area (Å²) in [4.78, 5) is 11.1. The van der Waals surface area contributed by atoms with Gasteiger partial charge in [-0.25, -0.2) is 0 Å². The second kappa shape index (κ2) is 7.42. The molecule has 0 unspecified atom stereocenters. The normalized spacial score (nSPS) is 9.65. The third-order valence-corrected chi connectivity index (χ3v) is 2.19. The predicted molar refractivity (Wildman–Crippen MR) is 62.8 cm³/mol. The highest BCUT2D eigenvalue weighted by Gasteiger charge is 2.02. The Morgan fingerprint density at radius 1 is 1.35 bits per heavy atom. The molecule has 0 aliphatic heterocycles. The number of benzene rings is 1. The lowest BCUT2D eigenvalue weighted by molar-refractivity contribution is -0.120. The van der Waals surface area contributed by atoms with E-state index >= 15 is 0 Å². The van der Waals surface area contributed by atoms with Crippen LogP contribution in [0.25, 0.3) is 0 Å². The van der Waals surface area contributed by atoms with Gasteiger partial charge in [-0.2, -0.15) is 5.26 Å². The first-order valence-electron chi connectivity index (χ1n) is 5.35. The zero-order chi connectivity index (χ0) is 12.5. The van der Waals surface area contributed by atoms with Crippen molar-refractivity contribution in [3.63, 3.8) is 0 Å². The van der Waals surface area contributed by atoms with Gasteiger partial charge in [0.1, 0.15) is 12.4 Å². The van der Waals surface area contributed by atoms with Crippen LogP contribution in [-0.2, 0) is 16.0 Å². The van der Waals surface area contributed by atoms with Crippen molar-refractivity contribution < 1.29 is 14.3 Å². The van der Waals surface area contributed by atoms with Crippen LogP contribution in [0.4, 0.5) is 0 Å². The molecule has 0 bridgehead atoms. The molecule has 0 atom stereocenters. The maximum atomic E-state index is 11.1. The van der Waals surface area contributed by atoms with E-state index in [9.17, 15) is 4.79 Å². The molecule has 0 aliphatic rings. The maximum absolute atomic E-state index is 11.1. The van der Waals surface area contributed by atoms with Gasteiger partial charge in [0.15, 0.2) is 5.78 Å². The summed E-state index contributed by atoms with van der Waals surface area (Å²) in [6, 6.07) is 9.28. The average Bonchev–Trinajstić information content (AvgIpc) is 2.35. The summed E-state index contributed by atoms with van der Waals surface area (Å²) < 4.78 is 10.2. The van der Waals surface area contributed by atoms with Gasteiger partial charge in [0.25, 0.3) is 0 Å². The molecule has 0 spiro atoms. The molecule has 1 rings (SSSR count). The average molecular weight is 233 g/mol. The number of carbonyl (C=O) groups excluding carboxylic acids is 1. The first-order chi connectivity index (χ1) is 8.26. The first kappa shape index (κ1) is 13.2. The van der Waals surface area contributed by atoms with Crippen molar-refractivity contribution in [2.75, 3.05) is 20.3 Å². The molecule has 0 aromatic heterocycles.